The smallest absolute Gasteiger partial charge is 0.407 e. The van der Waals surface area contributed by atoms with Crippen molar-refractivity contribution in [1.29, 1.82) is 0 Å². The lowest BCUT2D eigenvalue weighted by molar-refractivity contribution is -0.384. The topological polar surface area (TPSA) is 110 Å². The fraction of sp³-hybridized carbons (Fsp3) is 0.455. The maximum atomic E-state index is 11.9. The van der Waals surface area contributed by atoms with Gasteiger partial charge in [-0.3, -0.25) is 15.0 Å². The number of hydrogen-bond donors (Lipinski definition) is 2. The number of carbonyl (C=O) groups excluding carboxylic acids is 1. The zero-order valence-corrected chi connectivity index (χ0v) is 19.2. The molecule has 0 unspecified atom stereocenters. The van der Waals surface area contributed by atoms with Gasteiger partial charge in [0, 0.05) is 37.4 Å². The van der Waals surface area contributed by atoms with Gasteiger partial charge in [-0.05, 0) is 57.4 Å². The Balaban J connectivity index is 1.50. The minimum Gasteiger partial charge on any atom is -0.444 e. The molecular weight excluding hydrogens is 434 g/mol. The van der Waals surface area contributed by atoms with Crippen molar-refractivity contribution in [2.75, 3.05) is 18.4 Å². The molecule has 0 aliphatic carbocycles. The number of nitrogens with one attached hydrogen (secondary N) is 2. The molecule has 1 aromatic carbocycles. The second-order valence-electron chi connectivity index (χ2n) is 8.78. The Kier molecular flexibility index (Phi) is 7.52. The van der Waals surface area contributed by atoms with E-state index in [9.17, 15) is 14.9 Å². The third kappa shape index (κ3) is 7.06. The molecule has 9 nitrogen and oxygen atoms in total. The highest BCUT2D eigenvalue weighted by molar-refractivity contribution is 6.29. The number of aromatic nitrogens is 1. The summed E-state index contributed by atoms with van der Waals surface area (Å²) in [6, 6.07) is 10.5. The number of likely N-dealkylation sites (tertiary alicyclic amines) is 1. The number of amides is 1. The molecule has 0 atom stereocenters. The number of alkyl carbamates (subject to hydrolysis) is 1. The number of nitrogens with zero attached hydrogens (tertiary/aromatic N) is 3. The molecule has 1 fully saturated rings. The number of carbonyl (C=O) groups is 1. The number of benzene rings is 1. The van der Waals surface area contributed by atoms with E-state index in [4.69, 9.17) is 16.3 Å². The summed E-state index contributed by atoms with van der Waals surface area (Å²) in [6.07, 6.45) is 1.36. The second kappa shape index (κ2) is 10.1. The van der Waals surface area contributed by atoms with Crippen LogP contribution in [0.5, 0.6) is 0 Å². The van der Waals surface area contributed by atoms with Crippen LogP contribution in [-0.4, -0.2) is 45.6 Å². The number of anilines is 2. The average Bonchev–Trinajstić information content (AvgIpc) is 2.69. The molecule has 0 saturated carbocycles. The van der Waals surface area contributed by atoms with Gasteiger partial charge in [0.05, 0.1) is 4.92 Å². The number of piperidine rings is 1. The van der Waals surface area contributed by atoms with Crippen LogP contribution in [0.25, 0.3) is 0 Å². The standard InChI is InChI=1S/C22H28ClN5O4/c1-22(2,3)32-21(29)25-17-10-12-27(13-11-17)14-15-4-6-16(7-5-15)24-20-18(28(30)31)8-9-19(23)26-20/h4-9,17H,10-14H2,1-3H3,(H,24,26)(H,25,29). The predicted octanol–water partition coefficient (Wildman–Crippen LogP) is 4.88. The van der Waals surface area contributed by atoms with E-state index in [2.05, 4.69) is 20.5 Å². The highest BCUT2D eigenvalue weighted by Gasteiger charge is 2.23. The average molecular weight is 462 g/mol. The lowest BCUT2D eigenvalue weighted by Gasteiger charge is -2.32. The number of pyridine rings is 1. The first kappa shape index (κ1) is 23.7. The van der Waals surface area contributed by atoms with Crippen LogP contribution >= 0.6 is 11.6 Å². The minimum atomic E-state index is -0.500. The molecule has 1 saturated heterocycles. The van der Waals surface area contributed by atoms with Crippen LogP contribution in [0.1, 0.15) is 39.2 Å². The molecule has 0 radical (unpaired) electrons. The lowest BCUT2D eigenvalue weighted by Crippen LogP contribution is -2.45. The third-order valence-electron chi connectivity index (χ3n) is 4.97. The molecule has 1 aromatic heterocycles. The molecule has 32 heavy (non-hydrogen) atoms. The monoisotopic (exact) mass is 461 g/mol. The number of rotatable bonds is 6. The maximum Gasteiger partial charge on any atom is 0.407 e. The van der Waals surface area contributed by atoms with Gasteiger partial charge in [0.15, 0.2) is 0 Å². The molecule has 3 rings (SSSR count). The first-order valence-corrected chi connectivity index (χ1v) is 10.9. The zero-order chi connectivity index (χ0) is 23.3. The van der Waals surface area contributed by atoms with Gasteiger partial charge in [0.1, 0.15) is 10.8 Å². The van der Waals surface area contributed by atoms with Crippen molar-refractivity contribution in [2.45, 2.75) is 51.8 Å². The molecule has 1 amide bonds. The SMILES string of the molecule is CC(C)(C)OC(=O)NC1CCN(Cc2ccc(Nc3nc(Cl)ccc3[N+](=O)[O-])cc2)CC1. The molecule has 2 aromatic rings. The summed E-state index contributed by atoms with van der Waals surface area (Å²) < 4.78 is 5.32. The largest absolute Gasteiger partial charge is 0.444 e. The molecule has 172 valence electrons. The Morgan fingerprint density at radius 2 is 1.88 bits per heavy atom. The van der Waals surface area contributed by atoms with Gasteiger partial charge >= 0.3 is 11.8 Å². The minimum absolute atomic E-state index is 0.106. The summed E-state index contributed by atoms with van der Waals surface area (Å²) in [7, 11) is 0. The van der Waals surface area contributed by atoms with E-state index in [0.29, 0.717) is 5.69 Å². The second-order valence-corrected chi connectivity index (χ2v) is 9.16. The zero-order valence-electron chi connectivity index (χ0n) is 18.4. The Bertz CT molecular complexity index is 954. The maximum absolute atomic E-state index is 11.9. The first-order chi connectivity index (χ1) is 15.1. The van der Waals surface area contributed by atoms with E-state index < -0.39 is 10.5 Å². The third-order valence-corrected chi connectivity index (χ3v) is 5.18. The normalized spacial score (nSPS) is 15.2. The van der Waals surface area contributed by atoms with Crippen LogP contribution in [0.2, 0.25) is 5.15 Å². The van der Waals surface area contributed by atoms with Gasteiger partial charge in [-0.2, -0.15) is 0 Å². The summed E-state index contributed by atoms with van der Waals surface area (Å²) in [5.41, 5.74) is 1.18. The van der Waals surface area contributed by atoms with E-state index in [1.165, 1.54) is 12.1 Å². The van der Waals surface area contributed by atoms with Crippen molar-refractivity contribution in [3.63, 3.8) is 0 Å². The Labute approximate surface area is 192 Å². The van der Waals surface area contributed by atoms with Crippen LogP contribution in [0.3, 0.4) is 0 Å². The Hall–Kier alpha value is -2.91. The molecule has 0 spiro atoms. The highest BCUT2D eigenvalue weighted by atomic mass is 35.5. The van der Waals surface area contributed by atoms with Gasteiger partial charge < -0.3 is 15.4 Å². The molecule has 2 heterocycles. The van der Waals surface area contributed by atoms with Crippen molar-refractivity contribution < 1.29 is 14.5 Å². The highest BCUT2D eigenvalue weighted by Crippen LogP contribution is 2.27. The van der Waals surface area contributed by atoms with E-state index in [-0.39, 0.29) is 28.8 Å². The quantitative estimate of drug-likeness (QED) is 0.358. The van der Waals surface area contributed by atoms with Crippen LogP contribution in [0.15, 0.2) is 36.4 Å². The van der Waals surface area contributed by atoms with Crippen molar-refractivity contribution in [3.05, 3.63) is 57.2 Å². The predicted molar refractivity (Wildman–Crippen MR) is 123 cm³/mol. The van der Waals surface area contributed by atoms with Crippen LogP contribution in [0.4, 0.5) is 22.0 Å². The summed E-state index contributed by atoms with van der Waals surface area (Å²) in [5, 5.41) is 17.3. The van der Waals surface area contributed by atoms with Gasteiger partial charge in [0.25, 0.3) is 0 Å². The molecular formula is C22H28ClN5O4. The van der Waals surface area contributed by atoms with Crippen molar-refractivity contribution in [1.82, 2.24) is 15.2 Å². The van der Waals surface area contributed by atoms with E-state index in [1.807, 2.05) is 45.0 Å². The number of hydrogen-bond acceptors (Lipinski definition) is 7. The fourth-order valence-corrected chi connectivity index (χ4v) is 3.61. The first-order valence-electron chi connectivity index (χ1n) is 10.5. The molecule has 0 bridgehead atoms. The van der Waals surface area contributed by atoms with Crippen LogP contribution < -0.4 is 10.6 Å². The molecule has 10 heteroatoms. The van der Waals surface area contributed by atoms with Gasteiger partial charge in [-0.25, -0.2) is 9.78 Å². The summed E-state index contributed by atoms with van der Waals surface area (Å²) in [6.45, 7) is 8.08. The molecule has 1 aliphatic heterocycles. The van der Waals surface area contributed by atoms with Crippen LogP contribution in [0, 0.1) is 10.1 Å². The van der Waals surface area contributed by atoms with E-state index >= 15 is 0 Å². The van der Waals surface area contributed by atoms with Crippen LogP contribution in [-0.2, 0) is 11.3 Å². The molecule has 1 aliphatic rings. The van der Waals surface area contributed by atoms with Gasteiger partial charge in [-0.1, -0.05) is 23.7 Å². The van der Waals surface area contributed by atoms with E-state index in [0.717, 1.165) is 38.0 Å². The van der Waals surface area contributed by atoms with Crippen molar-refractivity contribution in [2.24, 2.45) is 0 Å². The molecule has 2 N–H and O–H groups in total. The number of ether oxygens (including phenoxy) is 1. The summed E-state index contributed by atoms with van der Waals surface area (Å²) in [5.74, 6) is 0.106. The number of nitro groups is 1. The van der Waals surface area contributed by atoms with Crippen molar-refractivity contribution in [3.8, 4) is 0 Å². The lowest BCUT2D eigenvalue weighted by atomic mass is 10.0. The van der Waals surface area contributed by atoms with Gasteiger partial charge in [0.2, 0.25) is 5.82 Å². The Morgan fingerprint density at radius 3 is 2.47 bits per heavy atom. The number of halogens is 1. The Morgan fingerprint density at radius 1 is 1.22 bits per heavy atom. The van der Waals surface area contributed by atoms with Gasteiger partial charge in [-0.15, -0.1) is 0 Å². The van der Waals surface area contributed by atoms with E-state index in [1.54, 1.807) is 0 Å². The fourth-order valence-electron chi connectivity index (χ4n) is 3.47. The van der Waals surface area contributed by atoms with Crippen molar-refractivity contribution >= 4 is 34.9 Å². The summed E-state index contributed by atoms with van der Waals surface area (Å²) >= 11 is 5.88. The summed E-state index contributed by atoms with van der Waals surface area (Å²) in [4.78, 5) is 29.0.